The maximum Gasteiger partial charge on any atom is 0.244 e. The van der Waals surface area contributed by atoms with Gasteiger partial charge < -0.3 is 19.7 Å². The number of carbonyl (C=O) groups excluding carboxylic acids is 2. The summed E-state index contributed by atoms with van der Waals surface area (Å²) in [4.78, 5) is 27.1. The fourth-order valence-electron chi connectivity index (χ4n) is 4.01. The maximum atomic E-state index is 14.0. The van der Waals surface area contributed by atoms with Gasteiger partial charge in [0.25, 0.3) is 0 Å². The van der Waals surface area contributed by atoms with E-state index in [1.54, 1.807) is 30.3 Å². The largest absolute Gasteiger partial charge is 0.493 e. The molecule has 1 atom stereocenters. The molecule has 0 spiro atoms. The van der Waals surface area contributed by atoms with Gasteiger partial charge in [0.2, 0.25) is 11.8 Å². The highest BCUT2D eigenvalue weighted by molar-refractivity contribution is 7.92. The summed E-state index contributed by atoms with van der Waals surface area (Å²) in [5.74, 6) is -1.12. The normalized spacial score (nSPS) is 16.7. The molecule has 0 unspecified atom stereocenters. The van der Waals surface area contributed by atoms with Crippen LogP contribution in [0.1, 0.15) is 17.2 Å². The van der Waals surface area contributed by atoms with E-state index < -0.39 is 45.7 Å². The van der Waals surface area contributed by atoms with Crippen LogP contribution in [-0.2, 0) is 19.4 Å². The van der Waals surface area contributed by atoms with E-state index in [0.29, 0.717) is 17.1 Å². The molecule has 10 heteroatoms. The lowest BCUT2D eigenvalue weighted by Gasteiger charge is -2.22. The number of carbonyl (C=O) groups is 2. The summed E-state index contributed by atoms with van der Waals surface area (Å²) in [6, 6.07) is 16.3. The van der Waals surface area contributed by atoms with Crippen LogP contribution in [0.5, 0.6) is 11.5 Å². The van der Waals surface area contributed by atoms with Gasteiger partial charge in [0.1, 0.15) is 12.4 Å². The van der Waals surface area contributed by atoms with Gasteiger partial charge in [0.05, 0.1) is 35.7 Å². The van der Waals surface area contributed by atoms with Crippen LogP contribution in [0.15, 0.2) is 71.6 Å². The van der Waals surface area contributed by atoms with E-state index in [4.69, 9.17) is 9.47 Å². The minimum absolute atomic E-state index is 0.0381. The second kappa shape index (κ2) is 9.75. The summed E-state index contributed by atoms with van der Waals surface area (Å²) < 4.78 is 51.9. The number of nitrogens with zero attached hydrogens (tertiary/aromatic N) is 1. The molecule has 2 amide bonds. The van der Waals surface area contributed by atoms with Crippen LogP contribution in [0.2, 0.25) is 0 Å². The topological polar surface area (TPSA) is 102 Å². The van der Waals surface area contributed by atoms with Crippen molar-refractivity contribution in [2.24, 2.45) is 0 Å². The van der Waals surface area contributed by atoms with Crippen molar-refractivity contribution in [3.63, 3.8) is 0 Å². The van der Waals surface area contributed by atoms with Gasteiger partial charge in [-0.1, -0.05) is 30.3 Å². The molecule has 0 saturated carbocycles. The highest BCUT2D eigenvalue weighted by Crippen LogP contribution is 2.42. The zero-order chi connectivity index (χ0) is 25.2. The van der Waals surface area contributed by atoms with E-state index in [1.807, 2.05) is 0 Å². The third-order valence-electron chi connectivity index (χ3n) is 5.73. The number of rotatable bonds is 6. The Balaban J connectivity index is 1.72. The van der Waals surface area contributed by atoms with E-state index >= 15 is 0 Å². The van der Waals surface area contributed by atoms with Crippen LogP contribution in [0.4, 0.5) is 15.8 Å². The van der Waals surface area contributed by atoms with Gasteiger partial charge in [-0.2, -0.15) is 0 Å². The van der Waals surface area contributed by atoms with Crippen molar-refractivity contribution in [1.29, 1.82) is 0 Å². The monoisotopic (exact) mass is 498 g/mol. The zero-order valence-electron chi connectivity index (χ0n) is 19.0. The quantitative estimate of drug-likeness (QED) is 0.556. The molecule has 1 aliphatic rings. The fourth-order valence-corrected chi connectivity index (χ4v) is 5.92. The van der Waals surface area contributed by atoms with Gasteiger partial charge in [-0.15, -0.1) is 0 Å². The van der Waals surface area contributed by atoms with Gasteiger partial charge in [-0.25, -0.2) is 12.8 Å². The van der Waals surface area contributed by atoms with Crippen molar-refractivity contribution in [2.75, 3.05) is 31.0 Å². The van der Waals surface area contributed by atoms with Crippen molar-refractivity contribution in [3.05, 3.63) is 78.1 Å². The predicted molar refractivity (Wildman–Crippen MR) is 128 cm³/mol. The zero-order valence-corrected chi connectivity index (χ0v) is 19.8. The molecular formula is C25H23FN2O6S. The molecule has 35 heavy (non-hydrogen) atoms. The standard InChI is InChI=1S/C25H23FN2O6S/c1-33-20-12-11-16(13-21(20)34-2)23-14-25(30)28(19-9-5-6-10-22(19)35(23,31)32)15-24(29)27-18-8-4-3-7-17(18)26/h3-13,23H,14-15H2,1-2H3,(H,27,29)/t23-/m1/s1. The van der Waals surface area contributed by atoms with Crippen LogP contribution in [0.25, 0.3) is 0 Å². The van der Waals surface area contributed by atoms with Crippen LogP contribution in [0, 0.1) is 5.82 Å². The second-order valence-electron chi connectivity index (χ2n) is 7.83. The van der Waals surface area contributed by atoms with E-state index in [-0.39, 0.29) is 16.3 Å². The van der Waals surface area contributed by atoms with Crippen molar-refractivity contribution < 1.29 is 31.9 Å². The van der Waals surface area contributed by atoms with Gasteiger partial charge in [-0.3, -0.25) is 9.59 Å². The van der Waals surface area contributed by atoms with Crippen LogP contribution in [-0.4, -0.2) is 41.0 Å². The number of benzene rings is 3. The number of hydrogen-bond acceptors (Lipinski definition) is 6. The van der Waals surface area contributed by atoms with Gasteiger partial charge in [0, 0.05) is 6.42 Å². The predicted octanol–water partition coefficient (Wildman–Crippen LogP) is 3.73. The molecule has 0 radical (unpaired) electrons. The maximum absolute atomic E-state index is 14.0. The fraction of sp³-hybridized carbons (Fsp3) is 0.200. The molecule has 1 heterocycles. The number of fused-ring (bicyclic) bond motifs is 1. The number of nitrogens with one attached hydrogen (secondary N) is 1. The smallest absolute Gasteiger partial charge is 0.244 e. The number of amides is 2. The first-order chi connectivity index (χ1) is 16.8. The van der Waals surface area contributed by atoms with E-state index in [9.17, 15) is 22.4 Å². The molecule has 3 aromatic carbocycles. The number of sulfone groups is 1. The molecule has 0 aromatic heterocycles. The molecule has 4 rings (SSSR count). The molecule has 1 N–H and O–H groups in total. The molecule has 0 aliphatic carbocycles. The highest BCUT2D eigenvalue weighted by Gasteiger charge is 2.40. The average molecular weight is 499 g/mol. The Bertz CT molecular complexity index is 1390. The van der Waals surface area contributed by atoms with Gasteiger partial charge >= 0.3 is 0 Å². The van der Waals surface area contributed by atoms with Crippen LogP contribution in [0.3, 0.4) is 0 Å². The third kappa shape index (κ3) is 4.69. The van der Waals surface area contributed by atoms with Gasteiger partial charge in [0.15, 0.2) is 21.3 Å². The summed E-state index contributed by atoms with van der Waals surface area (Å²) in [5, 5.41) is 1.22. The summed E-state index contributed by atoms with van der Waals surface area (Å²) in [6.45, 7) is -0.488. The molecule has 0 saturated heterocycles. The summed E-state index contributed by atoms with van der Waals surface area (Å²) >= 11 is 0. The molecule has 182 valence electrons. The Morgan fingerprint density at radius 2 is 1.71 bits per heavy atom. The van der Waals surface area contributed by atoms with Crippen LogP contribution >= 0.6 is 0 Å². The molecule has 3 aromatic rings. The number of ether oxygens (including phenoxy) is 2. The lowest BCUT2D eigenvalue weighted by Crippen LogP contribution is -2.38. The van der Waals surface area contributed by atoms with Crippen molar-refractivity contribution in [2.45, 2.75) is 16.6 Å². The number of para-hydroxylation sites is 2. The van der Waals surface area contributed by atoms with E-state index in [2.05, 4.69) is 5.32 Å². The summed E-state index contributed by atoms with van der Waals surface area (Å²) in [5.41, 5.74) is 0.400. The molecule has 1 aliphatic heterocycles. The first-order valence-electron chi connectivity index (χ1n) is 10.7. The van der Waals surface area contributed by atoms with Crippen molar-refractivity contribution >= 4 is 33.0 Å². The summed E-state index contributed by atoms with van der Waals surface area (Å²) in [6.07, 6.45) is -0.403. The number of halogens is 1. The molecule has 0 bridgehead atoms. The Hall–Kier alpha value is -3.92. The SMILES string of the molecule is COc1ccc([C@H]2CC(=O)N(CC(=O)Nc3ccccc3F)c3ccccc3S2(=O)=O)cc1OC. The van der Waals surface area contributed by atoms with E-state index in [1.165, 1.54) is 50.6 Å². The second-order valence-corrected chi connectivity index (χ2v) is 9.93. The van der Waals surface area contributed by atoms with Gasteiger partial charge in [-0.05, 0) is 42.0 Å². The first-order valence-corrected chi connectivity index (χ1v) is 12.2. The minimum atomic E-state index is -4.03. The third-order valence-corrected chi connectivity index (χ3v) is 7.87. The lowest BCUT2D eigenvalue weighted by atomic mass is 10.1. The Morgan fingerprint density at radius 3 is 2.43 bits per heavy atom. The van der Waals surface area contributed by atoms with Crippen molar-refractivity contribution in [3.8, 4) is 11.5 Å². The van der Waals surface area contributed by atoms with E-state index in [0.717, 1.165) is 4.90 Å². The average Bonchev–Trinajstić information content (AvgIpc) is 2.93. The minimum Gasteiger partial charge on any atom is -0.493 e. The molecule has 8 nitrogen and oxygen atoms in total. The number of anilines is 2. The summed E-state index contributed by atoms with van der Waals surface area (Å²) in [7, 11) is -1.14. The highest BCUT2D eigenvalue weighted by atomic mass is 32.2. The number of hydrogen-bond donors (Lipinski definition) is 1. The van der Waals surface area contributed by atoms with Crippen molar-refractivity contribution in [1.82, 2.24) is 0 Å². The Labute approximate surface area is 202 Å². The number of methoxy groups -OCH3 is 2. The molecule has 0 fully saturated rings. The Kier molecular flexibility index (Phi) is 6.74. The Morgan fingerprint density at radius 1 is 1.03 bits per heavy atom. The first kappa shape index (κ1) is 24.2. The van der Waals surface area contributed by atoms with Crippen LogP contribution < -0.4 is 19.7 Å². The molecular weight excluding hydrogens is 475 g/mol. The lowest BCUT2D eigenvalue weighted by molar-refractivity contribution is -0.121.